The topological polar surface area (TPSA) is 70.5 Å². The van der Waals surface area contributed by atoms with Gasteiger partial charge in [0.2, 0.25) is 10.7 Å². The van der Waals surface area contributed by atoms with Crippen LogP contribution in [-0.2, 0) is 11.0 Å². The van der Waals surface area contributed by atoms with Gasteiger partial charge in [0.05, 0.1) is 17.5 Å². The molecule has 1 N–H and O–H groups in total. The summed E-state index contributed by atoms with van der Waals surface area (Å²) in [5, 5.41) is 3.88. The molecular weight excluding hydrogens is 467 g/mol. The Morgan fingerprint density at radius 2 is 1.82 bits per heavy atom. The number of carbonyl (C=O) groups excluding carboxylic acids is 2. The lowest BCUT2D eigenvalue weighted by Crippen LogP contribution is -2.50. The molecule has 34 heavy (non-hydrogen) atoms. The van der Waals surface area contributed by atoms with Gasteiger partial charge in [0.1, 0.15) is 11.9 Å². The maximum atomic E-state index is 13.0. The summed E-state index contributed by atoms with van der Waals surface area (Å²) in [5.41, 5.74) is 0.435. The number of aromatic nitrogens is 2. The average molecular weight is 488 g/mol. The molecule has 0 spiro atoms. The predicted molar refractivity (Wildman–Crippen MR) is 123 cm³/mol. The number of nitrogens with zero attached hydrogens (tertiary/aromatic N) is 4. The number of halogens is 3. The van der Waals surface area contributed by atoms with E-state index in [2.05, 4.69) is 10.3 Å². The van der Waals surface area contributed by atoms with Gasteiger partial charge in [-0.3, -0.25) is 9.59 Å². The first-order chi connectivity index (χ1) is 16.2. The number of piperazine rings is 1. The summed E-state index contributed by atoms with van der Waals surface area (Å²) in [7, 11) is 0. The Labute approximate surface area is 197 Å². The van der Waals surface area contributed by atoms with Gasteiger partial charge in [-0.25, -0.2) is 9.55 Å². The smallest absolute Gasteiger partial charge is 0.368 e. The molecule has 176 valence electrons. The number of hydrogen-bond acceptors (Lipinski definition) is 6. The highest BCUT2D eigenvalue weighted by Crippen LogP contribution is 2.32. The van der Waals surface area contributed by atoms with E-state index in [4.69, 9.17) is 12.2 Å². The van der Waals surface area contributed by atoms with Crippen molar-refractivity contribution in [1.29, 1.82) is 0 Å². The van der Waals surface area contributed by atoms with Crippen LogP contribution < -0.4 is 10.2 Å². The molecule has 1 saturated heterocycles. The molecule has 1 aromatic heterocycles. The van der Waals surface area contributed by atoms with E-state index < -0.39 is 17.8 Å². The van der Waals surface area contributed by atoms with Crippen molar-refractivity contribution in [3.05, 3.63) is 58.9 Å². The molecule has 2 aromatic carbocycles. The van der Waals surface area contributed by atoms with Gasteiger partial charge in [0.15, 0.2) is 0 Å². The molecule has 5 rings (SSSR count). The van der Waals surface area contributed by atoms with Crippen LogP contribution >= 0.6 is 12.2 Å². The Balaban J connectivity index is 1.25. The van der Waals surface area contributed by atoms with Gasteiger partial charge >= 0.3 is 6.18 Å². The van der Waals surface area contributed by atoms with E-state index >= 15 is 0 Å². The molecule has 1 amide bonds. The highest BCUT2D eigenvalue weighted by atomic mass is 32.1. The molecule has 7 nitrogen and oxygen atoms in total. The molecular formula is C23H20F3N5O2S. The molecule has 0 saturated carbocycles. The van der Waals surface area contributed by atoms with Gasteiger partial charge in [-0.2, -0.15) is 13.2 Å². The van der Waals surface area contributed by atoms with Crippen LogP contribution in [0.15, 0.2) is 48.5 Å². The van der Waals surface area contributed by atoms with Crippen LogP contribution in [0.5, 0.6) is 0 Å². The van der Waals surface area contributed by atoms with Gasteiger partial charge in [-0.1, -0.05) is 18.2 Å². The number of nitrogens with one attached hydrogen (secondary N) is 1. The Kier molecular flexibility index (Phi) is 5.51. The van der Waals surface area contributed by atoms with Crippen molar-refractivity contribution in [2.75, 3.05) is 36.4 Å². The average Bonchev–Trinajstić information content (AvgIpc) is 3.15. The fraction of sp³-hybridized carbons (Fsp3) is 0.304. The predicted octanol–water partition coefficient (Wildman–Crippen LogP) is 3.96. The molecule has 0 unspecified atom stereocenters. The van der Waals surface area contributed by atoms with Crippen molar-refractivity contribution in [2.24, 2.45) is 0 Å². The maximum absolute atomic E-state index is 13.0. The third-order valence-corrected chi connectivity index (χ3v) is 6.44. The molecule has 2 aliphatic heterocycles. The quantitative estimate of drug-likeness (QED) is 0.564. The first-order valence-electron chi connectivity index (χ1n) is 10.7. The van der Waals surface area contributed by atoms with Gasteiger partial charge in [-0.15, -0.1) is 0 Å². The molecule has 11 heteroatoms. The molecule has 2 aliphatic rings. The Hall–Kier alpha value is -3.47. The summed E-state index contributed by atoms with van der Waals surface area (Å²) in [5.74, 6) is 0.00750. The van der Waals surface area contributed by atoms with Gasteiger partial charge in [-0.05, 0) is 42.5 Å². The SMILES string of the molecule is O=C(C[C@@H]1Nc2c3ccccc3nc(=S)n2C1=O)N1CCN(c2cccc(C(F)(F)F)c2)CC1. The monoisotopic (exact) mass is 487 g/mol. The molecule has 0 aliphatic carbocycles. The summed E-state index contributed by atoms with van der Waals surface area (Å²) in [4.78, 5) is 33.7. The molecule has 3 heterocycles. The summed E-state index contributed by atoms with van der Waals surface area (Å²) in [6, 6.07) is 11.7. The fourth-order valence-corrected chi connectivity index (χ4v) is 4.68. The zero-order valence-corrected chi connectivity index (χ0v) is 18.7. The van der Waals surface area contributed by atoms with Crippen LogP contribution in [0.4, 0.5) is 24.7 Å². The van der Waals surface area contributed by atoms with Crippen molar-refractivity contribution in [2.45, 2.75) is 18.6 Å². The molecule has 3 aromatic rings. The van der Waals surface area contributed by atoms with Crippen LogP contribution in [0, 0.1) is 4.77 Å². The lowest BCUT2D eigenvalue weighted by Gasteiger charge is -2.36. The Morgan fingerprint density at radius 1 is 1.09 bits per heavy atom. The minimum atomic E-state index is -4.41. The second-order valence-electron chi connectivity index (χ2n) is 8.25. The lowest BCUT2D eigenvalue weighted by molar-refractivity contribution is -0.137. The van der Waals surface area contributed by atoms with Crippen molar-refractivity contribution >= 4 is 46.4 Å². The minimum absolute atomic E-state index is 0.0484. The Bertz CT molecular complexity index is 1350. The molecule has 1 atom stereocenters. The van der Waals surface area contributed by atoms with Crippen LogP contribution in [-0.4, -0.2) is 58.5 Å². The summed E-state index contributed by atoms with van der Waals surface area (Å²) < 4.78 is 40.5. The van der Waals surface area contributed by atoms with Gasteiger partial charge in [0.25, 0.3) is 5.91 Å². The number of benzene rings is 2. The summed E-state index contributed by atoms with van der Waals surface area (Å²) in [6.45, 7) is 1.51. The number of hydrogen-bond donors (Lipinski definition) is 1. The normalized spacial score (nSPS) is 18.2. The molecule has 0 radical (unpaired) electrons. The van der Waals surface area contributed by atoms with E-state index in [1.54, 1.807) is 17.0 Å². The number of rotatable bonds is 3. The molecule has 0 bridgehead atoms. The van der Waals surface area contributed by atoms with E-state index in [0.717, 1.165) is 17.5 Å². The second-order valence-corrected chi connectivity index (χ2v) is 8.62. The van der Waals surface area contributed by atoms with Crippen molar-refractivity contribution in [3.8, 4) is 0 Å². The second kappa shape index (κ2) is 8.39. The zero-order valence-electron chi connectivity index (χ0n) is 17.9. The van der Waals surface area contributed by atoms with Crippen LogP contribution in [0.1, 0.15) is 16.8 Å². The van der Waals surface area contributed by atoms with E-state index in [1.807, 2.05) is 23.1 Å². The van der Waals surface area contributed by atoms with Crippen molar-refractivity contribution in [1.82, 2.24) is 14.5 Å². The highest BCUT2D eigenvalue weighted by molar-refractivity contribution is 7.71. The Morgan fingerprint density at radius 3 is 2.56 bits per heavy atom. The van der Waals surface area contributed by atoms with E-state index in [0.29, 0.717) is 43.2 Å². The largest absolute Gasteiger partial charge is 0.416 e. The third-order valence-electron chi connectivity index (χ3n) is 6.17. The van der Waals surface area contributed by atoms with Crippen LogP contribution in [0.3, 0.4) is 0 Å². The highest BCUT2D eigenvalue weighted by Gasteiger charge is 2.35. The maximum Gasteiger partial charge on any atom is 0.416 e. The van der Waals surface area contributed by atoms with Crippen LogP contribution in [0.2, 0.25) is 0 Å². The van der Waals surface area contributed by atoms with E-state index in [9.17, 15) is 22.8 Å². The first kappa shape index (κ1) is 22.3. The number of fused-ring (bicyclic) bond motifs is 3. The van der Waals surface area contributed by atoms with Gasteiger partial charge < -0.3 is 15.1 Å². The third kappa shape index (κ3) is 4.00. The molecule has 1 fully saturated rings. The minimum Gasteiger partial charge on any atom is -0.368 e. The number of carbonyl (C=O) groups is 2. The fourth-order valence-electron chi connectivity index (χ4n) is 4.40. The number of alkyl halides is 3. The summed E-state index contributed by atoms with van der Waals surface area (Å²) >= 11 is 5.29. The number of para-hydroxylation sites is 1. The summed E-state index contributed by atoms with van der Waals surface area (Å²) in [6.07, 6.45) is -4.46. The number of amides is 1. The van der Waals surface area contributed by atoms with E-state index in [-0.39, 0.29) is 23.0 Å². The zero-order chi connectivity index (χ0) is 24.0. The van der Waals surface area contributed by atoms with Crippen molar-refractivity contribution < 1.29 is 22.8 Å². The number of anilines is 2. The first-order valence-corrected chi connectivity index (χ1v) is 11.2. The van der Waals surface area contributed by atoms with Crippen LogP contribution in [0.25, 0.3) is 10.9 Å². The standard InChI is InChI=1S/C23H20F3N5O2S/c24-23(25,26)14-4-3-5-15(12-14)29-8-10-30(11-9-29)19(32)13-18-21(33)31-20(27-18)16-6-1-2-7-17(16)28-22(31)34/h1-7,12,18,27H,8-11,13H2/t18-/m0/s1. The van der Waals surface area contributed by atoms with E-state index in [1.165, 1.54) is 10.6 Å². The van der Waals surface area contributed by atoms with Crippen molar-refractivity contribution in [3.63, 3.8) is 0 Å². The van der Waals surface area contributed by atoms with Gasteiger partial charge in [0, 0.05) is 37.3 Å². The lowest BCUT2D eigenvalue weighted by atomic mass is 10.1.